The van der Waals surface area contributed by atoms with Crippen LogP contribution in [0.5, 0.6) is 5.75 Å². The van der Waals surface area contributed by atoms with Crippen LogP contribution in [0.3, 0.4) is 0 Å². The van der Waals surface area contributed by atoms with Crippen molar-refractivity contribution in [3.05, 3.63) is 84.4 Å². The lowest BCUT2D eigenvalue weighted by atomic mass is 10.1. The smallest absolute Gasteiger partial charge is 0.145 e. The molecule has 2 heteroatoms. The second-order valence-electron chi connectivity index (χ2n) is 4.58. The van der Waals surface area contributed by atoms with Gasteiger partial charge in [-0.15, -0.1) is 0 Å². The SMILES string of the molecule is N#C/C=C(/Oc1cccc2ccccc12)c1ccccc1. The minimum atomic E-state index is 0.550. The van der Waals surface area contributed by atoms with Crippen molar-refractivity contribution in [1.29, 1.82) is 5.26 Å². The number of fused-ring (bicyclic) bond motifs is 1. The molecule has 0 heterocycles. The van der Waals surface area contributed by atoms with Crippen molar-refractivity contribution in [2.45, 2.75) is 0 Å². The van der Waals surface area contributed by atoms with Crippen LogP contribution in [0.2, 0.25) is 0 Å². The number of nitriles is 1. The molecule has 0 aliphatic carbocycles. The van der Waals surface area contributed by atoms with Crippen molar-refractivity contribution >= 4 is 16.5 Å². The van der Waals surface area contributed by atoms with Gasteiger partial charge in [0.2, 0.25) is 0 Å². The van der Waals surface area contributed by atoms with Gasteiger partial charge in [-0.1, -0.05) is 66.7 Å². The van der Waals surface area contributed by atoms with Gasteiger partial charge in [0.1, 0.15) is 11.5 Å². The molecule has 3 aromatic carbocycles. The van der Waals surface area contributed by atoms with Crippen LogP contribution < -0.4 is 4.74 Å². The van der Waals surface area contributed by atoms with Crippen LogP contribution in [0.25, 0.3) is 16.5 Å². The van der Waals surface area contributed by atoms with Gasteiger partial charge in [0.05, 0.1) is 12.1 Å². The molecule has 3 rings (SSSR count). The van der Waals surface area contributed by atoms with E-state index in [0.717, 1.165) is 22.1 Å². The van der Waals surface area contributed by atoms with Crippen molar-refractivity contribution in [3.63, 3.8) is 0 Å². The molecule has 0 saturated heterocycles. The first-order valence-corrected chi connectivity index (χ1v) is 6.69. The molecule has 2 nitrogen and oxygen atoms in total. The maximum absolute atomic E-state index is 8.98. The van der Waals surface area contributed by atoms with Gasteiger partial charge in [-0.05, 0) is 11.5 Å². The number of allylic oxidation sites excluding steroid dienone is 1. The van der Waals surface area contributed by atoms with Crippen LogP contribution in [0.4, 0.5) is 0 Å². The number of hydrogen-bond acceptors (Lipinski definition) is 2. The maximum atomic E-state index is 8.98. The number of hydrogen-bond donors (Lipinski definition) is 0. The molecule has 0 atom stereocenters. The summed E-state index contributed by atoms with van der Waals surface area (Å²) in [6.45, 7) is 0. The Labute approximate surface area is 123 Å². The Bertz CT molecular complexity index is 824. The van der Waals surface area contributed by atoms with E-state index < -0.39 is 0 Å². The van der Waals surface area contributed by atoms with Gasteiger partial charge in [0.15, 0.2) is 0 Å². The predicted molar refractivity (Wildman–Crippen MR) is 84.6 cm³/mol. The van der Waals surface area contributed by atoms with Crippen molar-refractivity contribution in [2.75, 3.05) is 0 Å². The summed E-state index contributed by atoms with van der Waals surface area (Å²) in [7, 11) is 0. The molecular formula is C19H13NO. The summed E-state index contributed by atoms with van der Waals surface area (Å²) in [5, 5.41) is 11.1. The molecule has 0 saturated carbocycles. The van der Waals surface area contributed by atoms with E-state index in [-0.39, 0.29) is 0 Å². The number of rotatable bonds is 3. The van der Waals surface area contributed by atoms with Gasteiger partial charge in [-0.3, -0.25) is 0 Å². The lowest BCUT2D eigenvalue weighted by Gasteiger charge is -2.11. The maximum Gasteiger partial charge on any atom is 0.145 e. The minimum Gasteiger partial charge on any atom is -0.455 e. The normalized spacial score (nSPS) is 11.1. The first kappa shape index (κ1) is 13.0. The Morgan fingerprint density at radius 2 is 1.57 bits per heavy atom. The standard InChI is InChI=1S/C19H13NO/c20-14-13-18(16-8-2-1-3-9-16)21-19-12-6-10-15-7-4-5-11-17(15)19/h1-13H/b18-13+. The van der Waals surface area contributed by atoms with E-state index in [9.17, 15) is 0 Å². The van der Waals surface area contributed by atoms with Gasteiger partial charge in [-0.25, -0.2) is 0 Å². The van der Waals surface area contributed by atoms with Crippen LogP contribution in [-0.2, 0) is 0 Å². The summed E-state index contributed by atoms with van der Waals surface area (Å²) in [5.41, 5.74) is 0.881. The Hall–Kier alpha value is -3.05. The van der Waals surface area contributed by atoms with Crippen molar-refractivity contribution < 1.29 is 4.74 Å². The third kappa shape index (κ3) is 2.77. The van der Waals surface area contributed by atoms with Gasteiger partial charge >= 0.3 is 0 Å². The zero-order valence-electron chi connectivity index (χ0n) is 11.4. The summed E-state index contributed by atoms with van der Waals surface area (Å²) in [4.78, 5) is 0. The lowest BCUT2D eigenvalue weighted by Crippen LogP contribution is -1.95. The van der Waals surface area contributed by atoms with Crippen molar-refractivity contribution in [3.8, 4) is 11.8 Å². The zero-order valence-corrected chi connectivity index (χ0v) is 11.4. The molecule has 0 bridgehead atoms. The van der Waals surface area contributed by atoms with Crippen LogP contribution in [-0.4, -0.2) is 0 Å². The van der Waals surface area contributed by atoms with E-state index in [1.165, 1.54) is 6.08 Å². The van der Waals surface area contributed by atoms with Gasteiger partial charge < -0.3 is 4.74 Å². The number of ether oxygens (including phenoxy) is 1. The van der Waals surface area contributed by atoms with Gasteiger partial charge in [0, 0.05) is 10.9 Å². The van der Waals surface area contributed by atoms with E-state index in [2.05, 4.69) is 0 Å². The second-order valence-corrected chi connectivity index (χ2v) is 4.58. The van der Waals surface area contributed by atoms with E-state index in [1.807, 2.05) is 78.9 Å². The fourth-order valence-electron chi connectivity index (χ4n) is 2.24. The Morgan fingerprint density at radius 3 is 2.38 bits per heavy atom. The fraction of sp³-hybridized carbons (Fsp3) is 0. The molecule has 0 unspecified atom stereocenters. The highest BCUT2D eigenvalue weighted by Crippen LogP contribution is 2.29. The molecule has 0 aromatic heterocycles. The Balaban J connectivity index is 2.04. The molecule has 21 heavy (non-hydrogen) atoms. The summed E-state index contributed by atoms with van der Waals surface area (Å²) in [6, 6.07) is 25.6. The molecule has 0 spiro atoms. The predicted octanol–water partition coefficient (Wildman–Crippen LogP) is 4.78. The molecule has 100 valence electrons. The van der Waals surface area contributed by atoms with Gasteiger partial charge in [-0.2, -0.15) is 5.26 Å². The average Bonchev–Trinajstić information content (AvgIpc) is 2.55. The van der Waals surface area contributed by atoms with Crippen LogP contribution in [0, 0.1) is 11.3 Å². The Morgan fingerprint density at radius 1 is 0.857 bits per heavy atom. The van der Waals surface area contributed by atoms with Crippen LogP contribution in [0.15, 0.2) is 78.9 Å². The first-order valence-electron chi connectivity index (χ1n) is 6.69. The lowest BCUT2D eigenvalue weighted by molar-refractivity contribution is 0.521. The largest absolute Gasteiger partial charge is 0.455 e. The minimum absolute atomic E-state index is 0.550. The third-order valence-electron chi connectivity index (χ3n) is 3.22. The molecule has 0 radical (unpaired) electrons. The molecule has 0 aliphatic rings. The molecule has 0 aliphatic heterocycles. The first-order chi connectivity index (χ1) is 10.4. The molecular weight excluding hydrogens is 258 g/mol. The van der Waals surface area contributed by atoms with E-state index in [0.29, 0.717) is 5.76 Å². The van der Waals surface area contributed by atoms with Crippen molar-refractivity contribution in [1.82, 2.24) is 0 Å². The van der Waals surface area contributed by atoms with E-state index >= 15 is 0 Å². The summed E-state index contributed by atoms with van der Waals surface area (Å²) >= 11 is 0. The van der Waals surface area contributed by atoms with E-state index in [4.69, 9.17) is 10.00 Å². The van der Waals surface area contributed by atoms with Gasteiger partial charge in [0.25, 0.3) is 0 Å². The topological polar surface area (TPSA) is 33.0 Å². The summed E-state index contributed by atoms with van der Waals surface area (Å²) in [5.74, 6) is 1.30. The second kappa shape index (κ2) is 5.94. The quantitative estimate of drug-likeness (QED) is 0.507. The summed E-state index contributed by atoms with van der Waals surface area (Å²) in [6.07, 6.45) is 1.43. The van der Waals surface area contributed by atoms with Crippen LogP contribution in [0.1, 0.15) is 5.56 Å². The number of nitrogens with zero attached hydrogens (tertiary/aromatic N) is 1. The molecule has 0 fully saturated rings. The molecule has 0 amide bonds. The highest BCUT2D eigenvalue weighted by atomic mass is 16.5. The highest BCUT2D eigenvalue weighted by molar-refractivity contribution is 5.89. The average molecular weight is 271 g/mol. The zero-order chi connectivity index (χ0) is 14.5. The third-order valence-corrected chi connectivity index (χ3v) is 3.22. The number of benzene rings is 3. The highest BCUT2D eigenvalue weighted by Gasteiger charge is 2.07. The molecule has 0 N–H and O–H groups in total. The van der Waals surface area contributed by atoms with E-state index in [1.54, 1.807) is 0 Å². The fourth-order valence-corrected chi connectivity index (χ4v) is 2.24. The van der Waals surface area contributed by atoms with Crippen molar-refractivity contribution in [2.24, 2.45) is 0 Å². The summed E-state index contributed by atoms with van der Waals surface area (Å²) < 4.78 is 5.99. The molecule has 3 aromatic rings. The monoisotopic (exact) mass is 271 g/mol. The van der Waals surface area contributed by atoms with Crippen LogP contribution >= 0.6 is 0 Å². The Kier molecular flexibility index (Phi) is 3.66.